The Morgan fingerprint density at radius 2 is 0.907 bits per heavy atom. The molecule has 0 heterocycles. The molecule has 0 spiro atoms. The molecule has 0 aromatic rings. The summed E-state index contributed by atoms with van der Waals surface area (Å²) in [6, 6.07) is -0.989. The molecule has 1 amide bonds. The van der Waals surface area contributed by atoms with Crippen LogP contribution < -0.4 is 5.32 Å². The van der Waals surface area contributed by atoms with E-state index in [1.165, 1.54) is 122 Å². The van der Waals surface area contributed by atoms with E-state index in [0.29, 0.717) is 12.8 Å². The van der Waals surface area contributed by atoms with E-state index in [0.717, 1.165) is 38.5 Å². The van der Waals surface area contributed by atoms with Gasteiger partial charge in [0.15, 0.2) is 6.10 Å². The molecular formula is C37H71NO5. The molecule has 0 aromatic heterocycles. The smallest absolute Gasteiger partial charge is 0.326 e. The highest BCUT2D eigenvalue weighted by atomic mass is 16.5. The highest BCUT2D eigenvalue weighted by molar-refractivity contribution is 5.88. The van der Waals surface area contributed by atoms with Crippen LogP contribution in [-0.2, 0) is 19.1 Å². The molecule has 0 saturated carbocycles. The van der Waals surface area contributed by atoms with Crippen LogP contribution in [0, 0.1) is 5.92 Å². The number of hydrogen-bond donors (Lipinski definition) is 2. The van der Waals surface area contributed by atoms with Crippen LogP contribution in [0.15, 0.2) is 0 Å². The van der Waals surface area contributed by atoms with Gasteiger partial charge in [-0.2, -0.15) is 0 Å². The largest absolute Gasteiger partial charge is 0.480 e. The Balaban J connectivity index is 4.29. The van der Waals surface area contributed by atoms with E-state index in [1.807, 2.05) is 0 Å². The molecule has 2 N–H and O–H groups in total. The molecule has 0 saturated heterocycles. The zero-order chi connectivity index (χ0) is 32.0. The normalized spacial score (nSPS) is 12.8. The summed E-state index contributed by atoms with van der Waals surface area (Å²) in [5, 5.41) is 12.1. The lowest BCUT2D eigenvalue weighted by molar-refractivity contribution is -0.157. The van der Waals surface area contributed by atoms with E-state index in [9.17, 15) is 19.5 Å². The molecule has 0 aliphatic rings. The average Bonchev–Trinajstić information content (AvgIpc) is 2.97. The predicted molar refractivity (Wildman–Crippen MR) is 180 cm³/mol. The topological polar surface area (TPSA) is 92.7 Å². The van der Waals surface area contributed by atoms with Gasteiger partial charge in [-0.05, 0) is 25.2 Å². The number of ether oxygens (including phenoxy) is 1. The number of nitrogens with one attached hydrogen (secondary N) is 1. The Morgan fingerprint density at radius 3 is 1.26 bits per heavy atom. The molecule has 0 aromatic carbocycles. The minimum atomic E-state index is -1.06. The number of carbonyl (C=O) groups is 3. The van der Waals surface area contributed by atoms with E-state index < -0.39 is 24.0 Å². The van der Waals surface area contributed by atoms with E-state index in [1.54, 1.807) is 13.8 Å². The van der Waals surface area contributed by atoms with Crippen LogP contribution in [0.1, 0.15) is 201 Å². The SMILES string of the molecule is CCCCCCCCCCCCCCCC(=O)OC(CCCCCCCCCCCCCC)C(=O)N[C@H](C(=O)O)C(C)C. The van der Waals surface area contributed by atoms with Crippen LogP contribution in [0.25, 0.3) is 0 Å². The Labute approximate surface area is 266 Å². The number of aliphatic carboxylic acids is 1. The summed E-state index contributed by atoms with van der Waals surface area (Å²) >= 11 is 0. The van der Waals surface area contributed by atoms with Gasteiger partial charge in [0.25, 0.3) is 5.91 Å². The number of carboxylic acids is 1. The van der Waals surface area contributed by atoms with Gasteiger partial charge in [0.2, 0.25) is 0 Å². The van der Waals surface area contributed by atoms with Crippen molar-refractivity contribution in [3.05, 3.63) is 0 Å². The number of hydrogen-bond acceptors (Lipinski definition) is 4. The van der Waals surface area contributed by atoms with Gasteiger partial charge in [-0.15, -0.1) is 0 Å². The molecule has 254 valence electrons. The van der Waals surface area contributed by atoms with Crippen molar-refractivity contribution in [2.75, 3.05) is 0 Å². The van der Waals surface area contributed by atoms with Gasteiger partial charge >= 0.3 is 11.9 Å². The monoisotopic (exact) mass is 610 g/mol. The van der Waals surface area contributed by atoms with Crippen molar-refractivity contribution in [1.29, 1.82) is 0 Å². The van der Waals surface area contributed by atoms with Crippen LogP contribution in [-0.4, -0.2) is 35.1 Å². The first kappa shape index (κ1) is 41.4. The van der Waals surface area contributed by atoms with Crippen molar-refractivity contribution in [3.63, 3.8) is 0 Å². The van der Waals surface area contributed by atoms with Crippen LogP contribution in [0.2, 0.25) is 0 Å². The fourth-order valence-corrected chi connectivity index (χ4v) is 5.68. The van der Waals surface area contributed by atoms with Crippen molar-refractivity contribution < 1.29 is 24.2 Å². The van der Waals surface area contributed by atoms with Crippen molar-refractivity contribution in [1.82, 2.24) is 5.32 Å². The minimum absolute atomic E-state index is 0.254. The summed E-state index contributed by atoms with van der Waals surface area (Å²) in [6.45, 7) is 8.03. The van der Waals surface area contributed by atoms with E-state index in [-0.39, 0.29) is 11.9 Å². The first-order valence-corrected chi connectivity index (χ1v) is 18.6. The van der Waals surface area contributed by atoms with Crippen LogP contribution in [0.3, 0.4) is 0 Å². The lowest BCUT2D eigenvalue weighted by Gasteiger charge is -2.22. The maximum Gasteiger partial charge on any atom is 0.326 e. The maximum absolute atomic E-state index is 13.0. The molecule has 0 rings (SSSR count). The van der Waals surface area contributed by atoms with Gasteiger partial charge in [-0.1, -0.05) is 175 Å². The predicted octanol–water partition coefficient (Wildman–Crippen LogP) is 10.7. The van der Waals surface area contributed by atoms with Gasteiger partial charge < -0.3 is 15.2 Å². The highest BCUT2D eigenvalue weighted by Gasteiger charge is 2.29. The van der Waals surface area contributed by atoms with Crippen LogP contribution in [0.4, 0.5) is 0 Å². The Kier molecular flexibility index (Phi) is 29.3. The number of carboxylic acid groups (broad SMARTS) is 1. The van der Waals surface area contributed by atoms with Crippen molar-refractivity contribution >= 4 is 17.8 Å². The molecular weight excluding hydrogens is 538 g/mol. The van der Waals surface area contributed by atoms with Gasteiger partial charge in [0, 0.05) is 6.42 Å². The number of rotatable bonds is 32. The van der Waals surface area contributed by atoms with E-state index in [2.05, 4.69) is 19.2 Å². The quantitative estimate of drug-likeness (QED) is 0.0584. The second kappa shape index (κ2) is 30.4. The maximum atomic E-state index is 13.0. The molecule has 0 fully saturated rings. The van der Waals surface area contributed by atoms with Crippen LogP contribution >= 0.6 is 0 Å². The number of esters is 1. The number of unbranched alkanes of at least 4 members (excludes halogenated alkanes) is 23. The zero-order valence-corrected chi connectivity index (χ0v) is 28.9. The van der Waals surface area contributed by atoms with Gasteiger partial charge in [0.05, 0.1) is 0 Å². The molecule has 2 atom stereocenters. The summed E-state index contributed by atoms with van der Waals surface area (Å²) in [5.41, 5.74) is 0. The Bertz CT molecular complexity index is 665. The fourth-order valence-electron chi connectivity index (χ4n) is 5.68. The number of carbonyl (C=O) groups excluding carboxylic acids is 2. The van der Waals surface area contributed by atoms with Gasteiger partial charge in [0.1, 0.15) is 6.04 Å². The third-order valence-electron chi connectivity index (χ3n) is 8.60. The first-order chi connectivity index (χ1) is 20.8. The highest BCUT2D eigenvalue weighted by Crippen LogP contribution is 2.17. The Hall–Kier alpha value is -1.59. The molecule has 0 aliphatic heterocycles. The summed E-state index contributed by atoms with van der Waals surface area (Å²) in [4.78, 5) is 37.2. The van der Waals surface area contributed by atoms with Gasteiger partial charge in [-0.25, -0.2) is 4.79 Å². The van der Waals surface area contributed by atoms with Crippen LogP contribution in [0.5, 0.6) is 0 Å². The standard InChI is InChI=1S/C37H71NO5/c1-5-7-9-11-13-15-17-19-21-23-25-27-29-31-34(39)43-33(36(40)38-35(32(3)4)37(41)42)30-28-26-24-22-20-18-16-14-12-10-8-6-2/h32-33,35H,5-31H2,1-4H3,(H,38,40)(H,41,42)/t33?,35-/m0/s1. The van der Waals surface area contributed by atoms with Gasteiger partial charge in [-0.3, -0.25) is 9.59 Å². The molecule has 43 heavy (non-hydrogen) atoms. The summed E-state index contributed by atoms with van der Waals surface area (Å²) < 4.78 is 5.64. The summed E-state index contributed by atoms with van der Waals surface area (Å²) in [5.74, 6) is -2.15. The Morgan fingerprint density at radius 1 is 0.558 bits per heavy atom. The van der Waals surface area contributed by atoms with Crippen molar-refractivity contribution in [3.8, 4) is 0 Å². The number of amides is 1. The average molecular weight is 610 g/mol. The third kappa shape index (κ3) is 26.5. The molecule has 0 radical (unpaired) electrons. The lowest BCUT2D eigenvalue weighted by atomic mass is 10.0. The summed E-state index contributed by atoms with van der Waals surface area (Å²) in [7, 11) is 0. The lowest BCUT2D eigenvalue weighted by Crippen LogP contribution is -2.49. The van der Waals surface area contributed by atoms with Crippen molar-refractivity contribution in [2.24, 2.45) is 5.92 Å². The molecule has 6 nitrogen and oxygen atoms in total. The fraction of sp³-hybridized carbons (Fsp3) is 0.919. The first-order valence-electron chi connectivity index (χ1n) is 18.6. The third-order valence-corrected chi connectivity index (χ3v) is 8.60. The van der Waals surface area contributed by atoms with Crippen molar-refractivity contribution in [2.45, 2.75) is 213 Å². The molecule has 0 bridgehead atoms. The minimum Gasteiger partial charge on any atom is -0.480 e. The molecule has 0 aliphatic carbocycles. The molecule has 6 heteroatoms. The molecule has 1 unspecified atom stereocenters. The van der Waals surface area contributed by atoms with E-state index >= 15 is 0 Å². The second-order valence-corrected chi connectivity index (χ2v) is 13.2. The van der Waals surface area contributed by atoms with E-state index in [4.69, 9.17) is 4.74 Å². The zero-order valence-electron chi connectivity index (χ0n) is 28.9. The second-order valence-electron chi connectivity index (χ2n) is 13.2. The summed E-state index contributed by atoms with van der Waals surface area (Å²) in [6.07, 6.45) is 30.6.